The number of fused-ring (bicyclic) bond motifs is 1. The molecule has 4 nitrogen and oxygen atoms in total. The Kier molecular flexibility index (Phi) is 3.05. The number of nitrogens with one attached hydrogen (secondary N) is 1. The highest BCUT2D eigenvalue weighted by atomic mass is 79.9. The van der Waals surface area contributed by atoms with Crippen LogP contribution < -0.4 is 10.1 Å². The predicted octanol–water partition coefficient (Wildman–Crippen LogP) is 2.49. The van der Waals surface area contributed by atoms with Crippen LogP contribution in [-0.2, 0) is 4.79 Å². The quantitative estimate of drug-likeness (QED) is 0.877. The summed E-state index contributed by atoms with van der Waals surface area (Å²) in [5, 5.41) is 12.0. The molecule has 2 rings (SSSR count). The highest BCUT2D eigenvalue weighted by molar-refractivity contribution is 9.10. The van der Waals surface area contributed by atoms with E-state index >= 15 is 0 Å². The molecule has 0 bridgehead atoms. The lowest BCUT2D eigenvalue weighted by molar-refractivity contribution is -0.139. The van der Waals surface area contributed by atoms with E-state index < -0.39 is 5.97 Å². The minimum atomic E-state index is -0.850. The van der Waals surface area contributed by atoms with E-state index in [1.54, 1.807) is 0 Å². The first kappa shape index (κ1) is 11.3. The molecule has 1 aromatic carbocycles. The summed E-state index contributed by atoms with van der Waals surface area (Å²) < 4.78 is 6.58. The van der Waals surface area contributed by atoms with E-state index in [-0.39, 0.29) is 18.6 Å². The van der Waals surface area contributed by atoms with Crippen molar-refractivity contribution in [3.63, 3.8) is 0 Å². The molecule has 0 aliphatic carbocycles. The van der Waals surface area contributed by atoms with Crippen LogP contribution in [0, 0.1) is 0 Å². The van der Waals surface area contributed by atoms with Crippen molar-refractivity contribution in [1.29, 1.82) is 0 Å². The molecule has 0 saturated heterocycles. The minimum absolute atomic E-state index is 0.000119. The third-order valence-corrected chi connectivity index (χ3v) is 3.03. The summed E-state index contributed by atoms with van der Waals surface area (Å²) in [4.78, 5) is 10.7. The van der Waals surface area contributed by atoms with Gasteiger partial charge in [-0.1, -0.05) is 15.9 Å². The fraction of sp³-hybridized carbons (Fsp3) is 0.364. The average molecular weight is 286 g/mol. The first-order chi connectivity index (χ1) is 7.56. The number of benzene rings is 1. The molecule has 0 radical (unpaired) electrons. The Balaban J connectivity index is 2.22. The Morgan fingerprint density at radius 3 is 3.06 bits per heavy atom. The van der Waals surface area contributed by atoms with Crippen molar-refractivity contribution in [2.24, 2.45) is 0 Å². The number of carboxylic acids is 1. The number of rotatable bonds is 2. The van der Waals surface area contributed by atoms with Crippen molar-refractivity contribution in [3.05, 3.63) is 22.7 Å². The third kappa shape index (κ3) is 2.29. The molecule has 86 valence electrons. The molecule has 5 heteroatoms. The van der Waals surface area contributed by atoms with Gasteiger partial charge in [0.05, 0.1) is 18.2 Å². The highest BCUT2D eigenvalue weighted by Crippen LogP contribution is 2.34. The maximum atomic E-state index is 10.7. The molecule has 1 heterocycles. The van der Waals surface area contributed by atoms with Crippen LogP contribution in [0.15, 0.2) is 22.7 Å². The van der Waals surface area contributed by atoms with Crippen molar-refractivity contribution >= 4 is 27.6 Å². The molecule has 0 fully saturated rings. The molecule has 1 aliphatic rings. The standard InChI is InChI=1S/C11H12BrNO3/c1-6-9(5-11(14)15)16-10-4-7(12)2-3-8(10)13-6/h2-4,6,9,13H,5H2,1H3,(H,14,15). The molecular weight excluding hydrogens is 274 g/mol. The van der Waals surface area contributed by atoms with Crippen LogP contribution in [0.3, 0.4) is 0 Å². The first-order valence-electron chi connectivity index (χ1n) is 5.01. The number of carbonyl (C=O) groups is 1. The zero-order chi connectivity index (χ0) is 11.7. The van der Waals surface area contributed by atoms with Crippen LogP contribution in [0.5, 0.6) is 5.75 Å². The van der Waals surface area contributed by atoms with Gasteiger partial charge in [-0.25, -0.2) is 0 Å². The summed E-state index contributed by atoms with van der Waals surface area (Å²) in [6.07, 6.45) is -0.334. The monoisotopic (exact) mass is 285 g/mol. The Bertz CT molecular complexity index is 422. The number of carboxylic acid groups (broad SMARTS) is 1. The van der Waals surface area contributed by atoms with E-state index in [2.05, 4.69) is 21.2 Å². The van der Waals surface area contributed by atoms with Crippen LogP contribution in [-0.4, -0.2) is 23.2 Å². The second-order valence-corrected chi connectivity index (χ2v) is 4.74. The SMILES string of the molecule is CC1Nc2ccc(Br)cc2OC1CC(=O)O. The van der Waals surface area contributed by atoms with E-state index in [0.717, 1.165) is 10.2 Å². The van der Waals surface area contributed by atoms with Crippen LogP contribution in [0.2, 0.25) is 0 Å². The van der Waals surface area contributed by atoms with Gasteiger partial charge in [-0.15, -0.1) is 0 Å². The molecule has 0 amide bonds. The van der Waals surface area contributed by atoms with Crippen LogP contribution in [0.25, 0.3) is 0 Å². The van der Waals surface area contributed by atoms with E-state index in [9.17, 15) is 4.79 Å². The summed E-state index contributed by atoms with van der Waals surface area (Å²) in [5.41, 5.74) is 0.900. The lowest BCUT2D eigenvalue weighted by Crippen LogP contribution is -2.40. The van der Waals surface area contributed by atoms with Gasteiger partial charge in [-0.05, 0) is 25.1 Å². The maximum Gasteiger partial charge on any atom is 0.307 e. The molecule has 2 atom stereocenters. The molecule has 1 aliphatic heterocycles. The first-order valence-corrected chi connectivity index (χ1v) is 5.80. The van der Waals surface area contributed by atoms with Crippen molar-refractivity contribution in [2.75, 3.05) is 5.32 Å². The van der Waals surface area contributed by atoms with E-state index in [1.807, 2.05) is 25.1 Å². The number of hydrogen-bond acceptors (Lipinski definition) is 3. The fourth-order valence-corrected chi connectivity index (χ4v) is 2.05. The summed E-state index contributed by atoms with van der Waals surface area (Å²) in [5.74, 6) is -0.157. The molecule has 16 heavy (non-hydrogen) atoms. The van der Waals surface area contributed by atoms with Gasteiger partial charge in [0.2, 0.25) is 0 Å². The van der Waals surface area contributed by atoms with E-state index in [4.69, 9.17) is 9.84 Å². The molecule has 0 saturated carbocycles. The molecule has 0 aromatic heterocycles. The van der Waals surface area contributed by atoms with Crippen molar-refractivity contribution in [2.45, 2.75) is 25.5 Å². The van der Waals surface area contributed by atoms with Gasteiger partial charge < -0.3 is 15.2 Å². The molecular formula is C11H12BrNO3. The summed E-state index contributed by atoms with van der Waals surface area (Å²) in [6.45, 7) is 1.92. The van der Waals surface area contributed by atoms with Crippen LogP contribution in [0.1, 0.15) is 13.3 Å². The molecule has 1 aromatic rings. The number of aliphatic carboxylic acids is 1. The average Bonchev–Trinajstić information content (AvgIpc) is 2.19. The minimum Gasteiger partial charge on any atom is -0.485 e. The predicted molar refractivity (Wildman–Crippen MR) is 63.9 cm³/mol. The van der Waals surface area contributed by atoms with Crippen molar-refractivity contribution in [1.82, 2.24) is 0 Å². The molecule has 2 N–H and O–H groups in total. The molecule has 0 spiro atoms. The van der Waals surface area contributed by atoms with E-state index in [1.165, 1.54) is 0 Å². The van der Waals surface area contributed by atoms with Crippen LogP contribution >= 0.6 is 15.9 Å². The van der Waals surface area contributed by atoms with Gasteiger partial charge >= 0.3 is 5.97 Å². The Morgan fingerprint density at radius 2 is 2.38 bits per heavy atom. The summed E-state index contributed by atoms with van der Waals surface area (Å²) in [6, 6.07) is 5.65. The van der Waals surface area contributed by atoms with Gasteiger partial charge in [-0.2, -0.15) is 0 Å². The zero-order valence-corrected chi connectivity index (χ0v) is 10.3. The van der Waals surface area contributed by atoms with Gasteiger partial charge in [0.1, 0.15) is 11.9 Å². The van der Waals surface area contributed by atoms with Gasteiger partial charge in [-0.3, -0.25) is 4.79 Å². The van der Waals surface area contributed by atoms with E-state index in [0.29, 0.717) is 5.75 Å². The topological polar surface area (TPSA) is 58.6 Å². The highest BCUT2D eigenvalue weighted by Gasteiger charge is 2.28. The summed E-state index contributed by atoms with van der Waals surface area (Å²) in [7, 11) is 0. The number of anilines is 1. The van der Waals surface area contributed by atoms with Crippen molar-refractivity contribution in [3.8, 4) is 5.75 Å². The van der Waals surface area contributed by atoms with Gasteiger partial charge in [0.25, 0.3) is 0 Å². The second kappa shape index (κ2) is 4.33. The number of halogens is 1. The number of ether oxygens (including phenoxy) is 1. The lowest BCUT2D eigenvalue weighted by Gasteiger charge is -2.32. The molecule has 2 unspecified atom stereocenters. The normalized spacial score (nSPS) is 22.9. The fourth-order valence-electron chi connectivity index (χ4n) is 1.71. The number of hydrogen-bond donors (Lipinski definition) is 2. The third-order valence-electron chi connectivity index (χ3n) is 2.54. The van der Waals surface area contributed by atoms with Crippen LogP contribution in [0.4, 0.5) is 5.69 Å². The smallest absolute Gasteiger partial charge is 0.307 e. The summed E-state index contributed by atoms with van der Waals surface area (Å²) >= 11 is 3.35. The largest absolute Gasteiger partial charge is 0.485 e. The lowest BCUT2D eigenvalue weighted by atomic mass is 10.1. The van der Waals surface area contributed by atoms with Gasteiger partial charge in [0.15, 0.2) is 0 Å². The second-order valence-electron chi connectivity index (χ2n) is 3.83. The Hall–Kier alpha value is -1.23. The maximum absolute atomic E-state index is 10.7. The van der Waals surface area contributed by atoms with Crippen molar-refractivity contribution < 1.29 is 14.6 Å². The zero-order valence-electron chi connectivity index (χ0n) is 8.74. The Morgan fingerprint density at radius 1 is 1.62 bits per heavy atom. The Labute approximate surface area is 102 Å². The van der Waals surface area contributed by atoms with Gasteiger partial charge in [0, 0.05) is 4.47 Å².